The standard InChI is InChI=1S/C16H22BrNO2/c1-2-11-12(16(9-18)6-4-3-5-7-16)8-13-15(14(11)17)20-10-19-13/h8H,2-7,9-10,18H2,1H3. The summed E-state index contributed by atoms with van der Waals surface area (Å²) in [5.41, 5.74) is 9.03. The Bertz CT molecular complexity index is 510. The third kappa shape index (κ3) is 2.13. The molecule has 0 saturated heterocycles. The van der Waals surface area contributed by atoms with E-state index in [4.69, 9.17) is 15.2 Å². The molecule has 1 heterocycles. The van der Waals surface area contributed by atoms with Crippen molar-refractivity contribution < 1.29 is 9.47 Å². The fourth-order valence-electron chi connectivity index (χ4n) is 3.67. The lowest BCUT2D eigenvalue weighted by Gasteiger charge is -2.38. The van der Waals surface area contributed by atoms with Crippen LogP contribution in [0.3, 0.4) is 0 Å². The first-order valence-corrected chi connectivity index (χ1v) is 8.32. The number of halogens is 1. The Balaban J connectivity index is 2.14. The number of hydrogen-bond donors (Lipinski definition) is 1. The second kappa shape index (κ2) is 5.57. The van der Waals surface area contributed by atoms with Crippen LogP contribution in [0.5, 0.6) is 11.5 Å². The Morgan fingerprint density at radius 2 is 2.00 bits per heavy atom. The van der Waals surface area contributed by atoms with E-state index in [1.54, 1.807) is 0 Å². The van der Waals surface area contributed by atoms with Crippen molar-refractivity contribution in [1.29, 1.82) is 0 Å². The molecule has 3 rings (SSSR count). The number of ether oxygens (including phenoxy) is 2. The van der Waals surface area contributed by atoms with Crippen LogP contribution in [0, 0.1) is 0 Å². The van der Waals surface area contributed by atoms with Gasteiger partial charge >= 0.3 is 0 Å². The maximum absolute atomic E-state index is 6.20. The zero-order valence-corrected chi connectivity index (χ0v) is 13.6. The molecule has 0 amide bonds. The molecule has 20 heavy (non-hydrogen) atoms. The van der Waals surface area contributed by atoms with Gasteiger partial charge in [-0.3, -0.25) is 0 Å². The quantitative estimate of drug-likeness (QED) is 0.908. The third-order valence-corrected chi connectivity index (χ3v) is 5.67. The largest absolute Gasteiger partial charge is 0.454 e. The molecule has 0 radical (unpaired) electrons. The molecule has 1 aromatic carbocycles. The molecule has 1 saturated carbocycles. The minimum absolute atomic E-state index is 0.118. The van der Waals surface area contributed by atoms with Gasteiger partial charge in [0.1, 0.15) is 0 Å². The van der Waals surface area contributed by atoms with Crippen LogP contribution in [0.4, 0.5) is 0 Å². The van der Waals surface area contributed by atoms with Crippen molar-refractivity contribution in [2.24, 2.45) is 5.73 Å². The molecule has 0 spiro atoms. The molecule has 3 nitrogen and oxygen atoms in total. The van der Waals surface area contributed by atoms with Crippen molar-refractivity contribution >= 4 is 15.9 Å². The Labute approximate surface area is 129 Å². The first-order valence-electron chi connectivity index (χ1n) is 7.53. The van der Waals surface area contributed by atoms with Crippen LogP contribution in [0.1, 0.15) is 50.2 Å². The van der Waals surface area contributed by atoms with Gasteiger partial charge in [-0.2, -0.15) is 0 Å². The van der Waals surface area contributed by atoms with Crippen LogP contribution >= 0.6 is 15.9 Å². The van der Waals surface area contributed by atoms with E-state index in [0.29, 0.717) is 13.3 Å². The highest BCUT2D eigenvalue weighted by molar-refractivity contribution is 9.10. The van der Waals surface area contributed by atoms with E-state index < -0.39 is 0 Å². The van der Waals surface area contributed by atoms with Gasteiger partial charge in [-0.25, -0.2) is 0 Å². The summed E-state index contributed by atoms with van der Waals surface area (Å²) in [4.78, 5) is 0. The Morgan fingerprint density at radius 1 is 1.25 bits per heavy atom. The van der Waals surface area contributed by atoms with Gasteiger partial charge in [0, 0.05) is 12.0 Å². The van der Waals surface area contributed by atoms with Crippen molar-refractivity contribution in [3.63, 3.8) is 0 Å². The van der Waals surface area contributed by atoms with Gasteiger partial charge in [-0.15, -0.1) is 0 Å². The molecule has 0 unspecified atom stereocenters. The SMILES string of the molecule is CCc1c(C2(CN)CCCCC2)cc2c(c1Br)OCO2. The molecule has 0 aromatic heterocycles. The number of fused-ring (bicyclic) bond motifs is 1. The summed E-state index contributed by atoms with van der Waals surface area (Å²) in [7, 11) is 0. The van der Waals surface area contributed by atoms with Crippen molar-refractivity contribution in [1.82, 2.24) is 0 Å². The number of hydrogen-bond acceptors (Lipinski definition) is 3. The average molecular weight is 340 g/mol. The van der Waals surface area contributed by atoms with Gasteiger partial charge in [-0.05, 0) is 52.4 Å². The Morgan fingerprint density at radius 3 is 2.65 bits per heavy atom. The minimum Gasteiger partial charge on any atom is -0.454 e. The van der Waals surface area contributed by atoms with Crippen LogP contribution < -0.4 is 15.2 Å². The Kier molecular flexibility index (Phi) is 3.95. The molecule has 0 bridgehead atoms. The van der Waals surface area contributed by atoms with Crippen molar-refractivity contribution in [3.8, 4) is 11.5 Å². The second-order valence-corrected chi connectivity index (χ2v) is 6.64. The van der Waals surface area contributed by atoms with Crippen molar-refractivity contribution in [2.75, 3.05) is 13.3 Å². The van der Waals surface area contributed by atoms with Crippen LogP contribution in [0.2, 0.25) is 0 Å². The fourth-order valence-corrected chi connectivity index (χ4v) is 4.48. The highest BCUT2D eigenvalue weighted by Gasteiger charge is 2.36. The summed E-state index contributed by atoms with van der Waals surface area (Å²) >= 11 is 3.72. The van der Waals surface area contributed by atoms with Gasteiger partial charge in [0.05, 0.1) is 4.47 Å². The van der Waals surface area contributed by atoms with Gasteiger partial charge in [-0.1, -0.05) is 26.2 Å². The molecule has 2 N–H and O–H groups in total. The number of nitrogens with two attached hydrogens (primary N) is 1. The predicted molar refractivity (Wildman–Crippen MR) is 83.5 cm³/mol. The molecule has 1 aliphatic heterocycles. The van der Waals surface area contributed by atoms with E-state index in [1.165, 1.54) is 43.2 Å². The normalized spacial score (nSPS) is 20.1. The third-order valence-electron chi connectivity index (χ3n) is 4.83. The van der Waals surface area contributed by atoms with Crippen LogP contribution in [0.15, 0.2) is 10.5 Å². The lowest BCUT2D eigenvalue weighted by Crippen LogP contribution is -2.38. The predicted octanol–water partition coefficient (Wildman–Crippen LogP) is 3.90. The summed E-state index contributed by atoms with van der Waals surface area (Å²) in [6, 6.07) is 2.18. The van der Waals surface area contributed by atoms with E-state index in [9.17, 15) is 0 Å². The first-order chi connectivity index (χ1) is 9.72. The lowest BCUT2D eigenvalue weighted by atomic mass is 9.68. The van der Waals surface area contributed by atoms with Crippen molar-refractivity contribution in [3.05, 3.63) is 21.7 Å². The maximum Gasteiger partial charge on any atom is 0.231 e. The van der Waals surface area contributed by atoms with E-state index in [2.05, 4.69) is 28.9 Å². The van der Waals surface area contributed by atoms with Gasteiger partial charge < -0.3 is 15.2 Å². The number of benzene rings is 1. The van der Waals surface area contributed by atoms with E-state index >= 15 is 0 Å². The Hall–Kier alpha value is -0.740. The number of rotatable bonds is 3. The molecular formula is C16H22BrNO2. The average Bonchev–Trinajstić information content (AvgIpc) is 2.96. The highest BCUT2D eigenvalue weighted by Crippen LogP contribution is 2.49. The van der Waals surface area contributed by atoms with Gasteiger partial charge in [0.15, 0.2) is 11.5 Å². The van der Waals surface area contributed by atoms with E-state index in [-0.39, 0.29) is 5.41 Å². The molecule has 1 aromatic rings. The summed E-state index contributed by atoms with van der Waals surface area (Å²) in [5.74, 6) is 1.72. The van der Waals surface area contributed by atoms with Gasteiger partial charge in [0.25, 0.3) is 0 Å². The molecule has 0 atom stereocenters. The molecular weight excluding hydrogens is 318 g/mol. The van der Waals surface area contributed by atoms with Crippen LogP contribution in [-0.4, -0.2) is 13.3 Å². The minimum atomic E-state index is 0.118. The topological polar surface area (TPSA) is 44.5 Å². The summed E-state index contributed by atoms with van der Waals surface area (Å²) in [6.07, 6.45) is 7.22. The highest BCUT2D eigenvalue weighted by atomic mass is 79.9. The molecule has 4 heteroatoms. The zero-order valence-electron chi connectivity index (χ0n) is 12.0. The summed E-state index contributed by atoms with van der Waals surface area (Å²) < 4.78 is 12.2. The lowest BCUT2D eigenvalue weighted by molar-refractivity contribution is 0.173. The molecule has 110 valence electrons. The van der Waals surface area contributed by atoms with Gasteiger partial charge in [0.2, 0.25) is 6.79 Å². The zero-order chi connectivity index (χ0) is 14.2. The monoisotopic (exact) mass is 339 g/mol. The smallest absolute Gasteiger partial charge is 0.231 e. The summed E-state index contributed by atoms with van der Waals surface area (Å²) in [6.45, 7) is 3.22. The molecule has 1 aliphatic carbocycles. The first kappa shape index (κ1) is 14.2. The maximum atomic E-state index is 6.20. The fraction of sp³-hybridized carbons (Fsp3) is 0.625. The van der Waals surface area contributed by atoms with Crippen LogP contribution in [0.25, 0.3) is 0 Å². The van der Waals surface area contributed by atoms with Crippen molar-refractivity contribution in [2.45, 2.75) is 50.9 Å². The molecule has 2 aliphatic rings. The van der Waals surface area contributed by atoms with E-state index in [0.717, 1.165) is 22.4 Å². The molecule has 1 fully saturated rings. The second-order valence-electron chi connectivity index (χ2n) is 5.85. The van der Waals surface area contributed by atoms with E-state index in [1.807, 2.05) is 0 Å². The summed E-state index contributed by atoms with van der Waals surface area (Å²) in [5, 5.41) is 0. The van der Waals surface area contributed by atoms with Crippen LogP contribution in [-0.2, 0) is 11.8 Å².